The molecule has 0 saturated heterocycles. The van der Waals surface area contributed by atoms with Crippen molar-refractivity contribution in [1.82, 2.24) is 0 Å². The van der Waals surface area contributed by atoms with E-state index in [0.717, 1.165) is 47.3 Å². The Morgan fingerprint density at radius 3 is 2.37 bits per heavy atom. The van der Waals surface area contributed by atoms with Crippen molar-refractivity contribution in [3.8, 4) is 0 Å². The van der Waals surface area contributed by atoms with Gasteiger partial charge in [0.05, 0.1) is 0 Å². The molecule has 0 heteroatoms. The standard InChI is InChI=1S/C35H54/c1-7-26(24(2)3)14-13-25(4)31-17-18-32-30-16-15-29-23-28(27-11-9-8-10-12-27)19-21-34(29,5)33(30)20-22-35(31,32)6/h8-12,15,24-26,28,30-33H,7,13-14,16-23H2,1-6H3/t25-,26-,28?,30+,31-,32+,33+,34+,35-/m1/s1. The van der Waals surface area contributed by atoms with Gasteiger partial charge in [-0.05, 0) is 122 Å². The average Bonchev–Trinajstić information content (AvgIpc) is 3.21. The summed E-state index contributed by atoms with van der Waals surface area (Å²) in [6.07, 6.45) is 18.6. The highest BCUT2D eigenvalue weighted by atomic mass is 14.6. The van der Waals surface area contributed by atoms with Crippen molar-refractivity contribution in [2.45, 2.75) is 118 Å². The van der Waals surface area contributed by atoms with E-state index >= 15 is 0 Å². The van der Waals surface area contributed by atoms with Gasteiger partial charge >= 0.3 is 0 Å². The maximum absolute atomic E-state index is 2.77. The molecule has 1 aromatic carbocycles. The summed E-state index contributed by atoms with van der Waals surface area (Å²) in [4.78, 5) is 0. The van der Waals surface area contributed by atoms with Crippen LogP contribution in [0.3, 0.4) is 0 Å². The predicted molar refractivity (Wildman–Crippen MR) is 151 cm³/mol. The lowest BCUT2D eigenvalue weighted by Gasteiger charge is -2.58. The molecule has 35 heavy (non-hydrogen) atoms. The molecule has 194 valence electrons. The monoisotopic (exact) mass is 474 g/mol. The van der Waals surface area contributed by atoms with E-state index in [0.29, 0.717) is 10.8 Å². The summed E-state index contributed by atoms with van der Waals surface area (Å²) in [5, 5.41) is 0. The molecule has 3 saturated carbocycles. The zero-order valence-corrected chi connectivity index (χ0v) is 23.9. The fraction of sp³-hybridized carbons (Fsp3) is 0.771. The first-order chi connectivity index (χ1) is 16.8. The Morgan fingerprint density at radius 2 is 1.66 bits per heavy atom. The Kier molecular flexibility index (Phi) is 7.33. The quantitative estimate of drug-likeness (QED) is 0.345. The van der Waals surface area contributed by atoms with Gasteiger partial charge in [0, 0.05) is 0 Å². The lowest BCUT2D eigenvalue weighted by atomic mass is 9.46. The zero-order chi connectivity index (χ0) is 24.8. The van der Waals surface area contributed by atoms with Crippen LogP contribution in [0, 0.1) is 52.3 Å². The van der Waals surface area contributed by atoms with Gasteiger partial charge in [-0.3, -0.25) is 0 Å². The summed E-state index contributed by atoms with van der Waals surface area (Å²) in [5.41, 5.74) is 4.49. The largest absolute Gasteiger partial charge is 0.0845 e. The highest BCUT2D eigenvalue weighted by Crippen LogP contribution is 2.68. The number of allylic oxidation sites excluding steroid dienone is 2. The highest BCUT2D eigenvalue weighted by Gasteiger charge is 2.59. The fourth-order valence-corrected chi connectivity index (χ4v) is 10.3. The van der Waals surface area contributed by atoms with Gasteiger partial charge in [0.1, 0.15) is 0 Å². The van der Waals surface area contributed by atoms with Crippen LogP contribution in [0.25, 0.3) is 0 Å². The molecule has 4 aliphatic rings. The molecule has 1 aromatic rings. The minimum absolute atomic E-state index is 0.477. The smallest absolute Gasteiger partial charge is 0.00848 e. The van der Waals surface area contributed by atoms with Crippen molar-refractivity contribution in [1.29, 1.82) is 0 Å². The van der Waals surface area contributed by atoms with Crippen LogP contribution in [0.15, 0.2) is 42.0 Å². The van der Waals surface area contributed by atoms with Gasteiger partial charge in [-0.2, -0.15) is 0 Å². The van der Waals surface area contributed by atoms with Crippen LogP contribution in [0.2, 0.25) is 0 Å². The van der Waals surface area contributed by atoms with Gasteiger partial charge in [-0.25, -0.2) is 0 Å². The highest BCUT2D eigenvalue weighted by molar-refractivity contribution is 5.30. The number of hydrogen-bond acceptors (Lipinski definition) is 0. The molecular weight excluding hydrogens is 420 g/mol. The molecule has 5 rings (SSSR count). The van der Waals surface area contributed by atoms with Crippen LogP contribution >= 0.6 is 0 Å². The molecule has 0 nitrogen and oxygen atoms in total. The number of benzene rings is 1. The van der Waals surface area contributed by atoms with E-state index in [9.17, 15) is 0 Å². The topological polar surface area (TPSA) is 0 Å². The SMILES string of the molecule is CC[C@H](CC[C@@H](C)[C@H]1CC[C@H]2[C@@H]3CC=C4CC(c5ccccc5)CC[C@]4(C)[C@H]3CC[C@]12C)C(C)C. The molecule has 0 aliphatic heterocycles. The van der Waals surface area contributed by atoms with Gasteiger partial charge in [0.15, 0.2) is 0 Å². The first-order valence-corrected chi connectivity index (χ1v) is 15.5. The second kappa shape index (κ2) is 10.0. The third-order valence-electron chi connectivity index (χ3n) is 12.6. The van der Waals surface area contributed by atoms with E-state index in [2.05, 4.69) is 78.0 Å². The molecule has 3 fully saturated rings. The van der Waals surface area contributed by atoms with Crippen LogP contribution in [0.5, 0.6) is 0 Å². The van der Waals surface area contributed by atoms with Gasteiger partial charge in [0.25, 0.3) is 0 Å². The summed E-state index contributed by atoms with van der Waals surface area (Å²) in [6, 6.07) is 11.4. The van der Waals surface area contributed by atoms with Crippen LogP contribution in [0.1, 0.15) is 124 Å². The maximum Gasteiger partial charge on any atom is -0.00848 e. The molecule has 0 N–H and O–H groups in total. The van der Waals surface area contributed by atoms with Crippen LogP contribution in [-0.4, -0.2) is 0 Å². The molecule has 9 atom stereocenters. The van der Waals surface area contributed by atoms with Crippen molar-refractivity contribution >= 4 is 0 Å². The molecule has 0 aromatic heterocycles. The Labute approximate surface area is 217 Å². The number of fused-ring (bicyclic) bond motifs is 5. The minimum atomic E-state index is 0.477. The maximum atomic E-state index is 2.77. The average molecular weight is 475 g/mol. The first kappa shape index (κ1) is 25.6. The lowest BCUT2D eigenvalue weighted by molar-refractivity contribution is -0.0513. The second-order valence-electron chi connectivity index (χ2n) is 14.3. The summed E-state index contributed by atoms with van der Waals surface area (Å²) >= 11 is 0. The molecule has 1 unspecified atom stereocenters. The number of rotatable bonds is 7. The molecule has 0 heterocycles. The first-order valence-electron chi connectivity index (χ1n) is 15.5. The summed E-state index contributed by atoms with van der Waals surface area (Å²) < 4.78 is 0. The van der Waals surface area contributed by atoms with E-state index in [1.165, 1.54) is 70.6 Å². The molecule has 0 bridgehead atoms. The van der Waals surface area contributed by atoms with Gasteiger partial charge < -0.3 is 0 Å². The molecule has 4 aliphatic carbocycles. The van der Waals surface area contributed by atoms with Crippen molar-refractivity contribution in [2.75, 3.05) is 0 Å². The molecule has 0 radical (unpaired) electrons. The molecule has 0 amide bonds. The van der Waals surface area contributed by atoms with E-state index in [1.54, 1.807) is 5.56 Å². The fourth-order valence-electron chi connectivity index (χ4n) is 10.3. The third kappa shape index (κ3) is 4.48. The van der Waals surface area contributed by atoms with Crippen molar-refractivity contribution < 1.29 is 0 Å². The lowest BCUT2D eigenvalue weighted by Crippen LogP contribution is -2.50. The van der Waals surface area contributed by atoms with Gasteiger partial charge in [-0.15, -0.1) is 0 Å². The van der Waals surface area contributed by atoms with E-state index < -0.39 is 0 Å². The molecule has 0 spiro atoms. The van der Waals surface area contributed by atoms with Crippen molar-refractivity contribution in [3.05, 3.63) is 47.5 Å². The number of hydrogen-bond donors (Lipinski definition) is 0. The summed E-state index contributed by atoms with van der Waals surface area (Å²) in [7, 11) is 0. The minimum Gasteiger partial charge on any atom is -0.0845 e. The summed E-state index contributed by atoms with van der Waals surface area (Å²) in [6.45, 7) is 15.3. The normalized spacial score (nSPS) is 40.4. The van der Waals surface area contributed by atoms with Gasteiger partial charge in [-0.1, -0.05) is 96.4 Å². The van der Waals surface area contributed by atoms with Crippen LogP contribution < -0.4 is 0 Å². The predicted octanol–water partition coefficient (Wildman–Crippen LogP) is 10.4. The second-order valence-corrected chi connectivity index (χ2v) is 14.3. The Hall–Kier alpha value is -1.04. The zero-order valence-electron chi connectivity index (χ0n) is 23.9. The van der Waals surface area contributed by atoms with Gasteiger partial charge in [0.2, 0.25) is 0 Å². The van der Waals surface area contributed by atoms with Crippen molar-refractivity contribution in [3.63, 3.8) is 0 Å². The van der Waals surface area contributed by atoms with E-state index in [1.807, 2.05) is 5.57 Å². The van der Waals surface area contributed by atoms with Crippen LogP contribution in [-0.2, 0) is 0 Å². The van der Waals surface area contributed by atoms with Crippen LogP contribution in [0.4, 0.5) is 0 Å². The Bertz CT molecular complexity index is 879. The van der Waals surface area contributed by atoms with Crippen molar-refractivity contribution in [2.24, 2.45) is 52.3 Å². The third-order valence-corrected chi connectivity index (χ3v) is 12.6. The Balaban J connectivity index is 1.29. The van der Waals surface area contributed by atoms with E-state index in [-0.39, 0.29) is 0 Å². The summed E-state index contributed by atoms with van der Waals surface area (Å²) in [5.74, 6) is 7.24. The molecular formula is C35H54. The van der Waals surface area contributed by atoms with E-state index in [4.69, 9.17) is 0 Å². The Morgan fingerprint density at radius 1 is 0.886 bits per heavy atom.